The maximum atomic E-state index is 11.7. The lowest BCUT2D eigenvalue weighted by Gasteiger charge is -2.28. The Kier molecular flexibility index (Phi) is 4.74. The Hall–Kier alpha value is -1.10. The first-order valence-electron chi connectivity index (χ1n) is 4.98. The highest BCUT2D eigenvalue weighted by atomic mass is 16.4. The molecule has 0 saturated carbocycles. The summed E-state index contributed by atoms with van der Waals surface area (Å²) in [6.45, 7) is 8.73. The van der Waals surface area contributed by atoms with Crippen molar-refractivity contribution in [1.82, 2.24) is 10.6 Å². The molecular formula is C10H20N2O3. The van der Waals surface area contributed by atoms with E-state index in [0.717, 1.165) is 0 Å². The van der Waals surface area contributed by atoms with Gasteiger partial charge in [-0.1, -0.05) is 0 Å². The zero-order valence-electron chi connectivity index (χ0n) is 9.92. The van der Waals surface area contributed by atoms with Crippen LogP contribution in [0, 0.1) is 0 Å². The second-order valence-corrected chi connectivity index (χ2v) is 4.46. The summed E-state index contributed by atoms with van der Waals surface area (Å²) in [7, 11) is 0. The molecule has 0 aliphatic carbocycles. The van der Waals surface area contributed by atoms with E-state index in [9.17, 15) is 9.59 Å². The van der Waals surface area contributed by atoms with Gasteiger partial charge in [0.15, 0.2) is 0 Å². The van der Waals surface area contributed by atoms with Crippen molar-refractivity contribution in [1.29, 1.82) is 0 Å². The number of carboxylic acids is 1. The van der Waals surface area contributed by atoms with E-state index in [-0.39, 0.29) is 11.9 Å². The molecule has 0 saturated heterocycles. The summed E-state index contributed by atoms with van der Waals surface area (Å²) in [4.78, 5) is 22.2. The molecule has 0 bridgehead atoms. The van der Waals surface area contributed by atoms with E-state index in [2.05, 4.69) is 10.6 Å². The van der Waals surface area contributed by atoms with Gasteiger partial charge in [-0.25, -0.2) is 0 Å². The average Bonchev–Trinajstić information content (AvgIpc) is 2.01. The van der Waals surface area contributed by atoms with Crippen molar-refractivity contribution in [3.8, 4) is 0 Å². The Morgan fingerprint density at radius 1 is 1.20 bits per heavy atom. The van der Waals surface area contributed by atoms with Crippen molar-refractivity contribution in [2.24, 2.45) is 0 Å². The number of nitrogens with one attached hydrogen (secondary N) is 2. The zero-order chi connectivity index (χ0) is 12.2. The second-order valence-electron chi connectivity index (χ2n) is 4.46. The van der Waals surface area contributed by atoms with Crippen molar-refractivity contribution < 1.29 is 14.7 Å². The number of aliphatic carboxylic acids is 1. The summed E-state index contributed by atoms with van der Waals surface area (Å²) >= 11 is 0. The largest absolute Gasteiger partial charge is 0.480 e. The van der Waals surface area contributed by atoms with E-state index >= 15 is 0 Å². The van der Waals surface area contributed by atoms with Crippen molar-refractivity contribution in [2.75, 3.05) is 0 Å². The van der Waals surface area contributed by atoms with Gasteiger partial charge in [0, 0.05) is 6.04 Å². The van der Waals surface area contributed by atoms with Gasteiger partial charge in [-0.05, 0) is 34.6 Å². The number of hydrogen-bond acceptors (Lipinski definition) is 3. The number of carbonyl (C=O) groups is 2. The van der Waals surface area contributed by atoms with Gasteiger partial charge >= 0.3 is 5.97 Å². The molecule has 0 heterocycles. The van der Waals surface area contributed by atoms with Gasteiger partial charge in [0.05, 0.1) is 5.54 Å². The first-order valence-corrected chi connectivity index (χ1v) is 4.98. The minimum atomic E-state index is -1.04. The van der Waals surface area contributed by atoms with Crippen LogP contribution in [0.3, 0.4) is 0 Å². The molecule has 5 heteroatoms. The van der Waals surface area contributed by atoms with Crippen LogP contribution in [0.1, 0.15) is 34.6 Å². The van der Waals surface area contributed by atoms with Gasteiger partial charge in [-0.2, -0.15) is 0 Å². The van der Waals surface area contributed by atoms with Gasteiger partial charge in [0.1, 0.15) is 6.04 Å². The summed E-state index contributed by atoms with van der Waals surface area (Å²) in [6, 6.07) is -0.711. The lowest BCUT2D eigenvalue weighted by molar-refractivity contribution is -0.142. The third-order valence-electron chi connectivity index (χ3n) is 1.94. The Bertz CT molecular complexity index is 249. The monoisotopic (exact) mass is 216 g/mol. The highest BCUT2D eigenvalue weighted by Crippen LogP contribution is 2.04. The first kappa shape index (κ1) is 13.9. The van der Waals surface area contributed by atoms with Crippen LogP contribution in [-0.2, 0) is 9.59 Å². The molecule has 0 aromatic heterocycles. The van der Waals surface area contributed by atoms with Gasteiger partial charge in [0.25, 0.3) is 0 Å². The Morgan fingerprint density at radius 3 is 2.00 bits per heavy atom. The Balaban J connectivity index is 4.37. The van der Waals surface area contributed by atoms with Gasteiger partial charge < -0.3 is 15.7 Å². The van der Waals surface area contributed by atoms with Crippen LogP contribution in [0.4, 0.5) is 0 Å². The van der Waals surface area contributed by atoms with Crippen LogP contribution < -0.4 is 10.6 Å². The van der Waals surface area contributed by atoms with Gasteiger partial charge in [-0.3, -0.25) is 9.59 Å². The van der Waals surface area contributed by atoms with Crippen LogP contribution in [0.2, 0.25) is 0 Å². The molecule has 1 amide bonds. The molecule has 5 nitrogen and oxygen atoms in total. The normalized spacial score (nSPS) is 13.7. The molecule has 3 N–H and O–H groups in total. The first-order chi connectivity index (χ1) is 6.66. The molecule has 0 unspecified atom stereocenters. The molecule has 1 atom stereocenters. The molecular weight excluding hydrogens is 196 g/mol. The van der Waals surface area contributed by atoms with Crippen LogP contribution in [0.25, 0.3) is 0 Å². The fourth-order valence-corrected chi connectivity index (χ4v) is 1.23. The smallest absolute Gasteiger partial charge is 0.325 e. The van der Waals surface area contributed by atoms with Crippen molar-refractivity contribution >= 4 is 11.9 Å². The number of carbonyl (C=O) groups excluding carboxylic acids is 1. The number of rotatable bonds is 5. The minimum Gasteiger partial charge on any atom is -0.480 e. The van der Waals surface area contributed by atoms with E-state index < -0.39 is 17.6 Å². The van der Waals surface area contributed by atoms with E-state index in [4.69, 9.17) is 5.11 Å². The SMILES string of the molecule is CC(C)NC(C)(C)C(=O)N[C@@H](C)C(=O)O. The summed E-state index contributed by atoms with van der Waals surface area (Å²) in [5.41, 5.74) is -0.766. The van der Waals surface area contributed by atoms with Crippen molar-refractivity contribution in [3.05, 3.63) is 0 Å². The fourth-order valence-electron chi connectivity index (χ4n) is 1.23. The highest BCUT2D eigenvalue weighted by molar-refractivity contribution is 5.89. The maximum absolute atomic E-state index is 11.7. The predicted molar refractivity (Wildman–Crippen MR) is 57.6 cm³/mol. The Morgan fingerprint density at radius 2 is 1.67 bits per heavy atom. The lowest BCUT2D eigenvalue weighted by atomic mass is 10.0. The predicted octanol–water partition coefficient (Wildman–Crippen LogP) is 0.352. The molecule has 0 spiro atoms. The van der Waals surface area contributed by atoms with E-state index in [0.29, 0.717) is 0 Å². The molecule has 88 valence electrons. The second kappa shape index (κ2) is 5.11. The van der Waals surface area contributed by atoms with Crippen molar-refractivity contribution in [2.45, 2.75) is 52.2 Å². The molecule has 0 aliphatic rings. The molecule has 0 aliphatic heterocycles. The van der Waals surface area contributed by atoms with Gasteiger partial charge in [-0.15, -0.1) is 0 Å². The molecule has 0 rings (SSSR count). The minimum absolute atomic E-state index is 0.158. The van der Waals surface area contributed by atoms with Crippen LogP contribution in [-0.4, -0.2) is 34.6 Å². The Labute approximate surface area is 90.2 Å². The average molecular weight is 216 g/mol. The zero-order valence-corrected chi connectivity index (χ0v) is 9.92. The summed E-state index contributed by atoms with van der Waals surface area (Å²) in [5.74, 6) is -1.35. The molecule has 0 aromatic carbocycles. The highest BCUT2D eigenvalue weighted by Gasteiger charge is 2.29. The van der Waals surface area contributed by atoms with Crippen LogP contribution in [0.5, 0.6) is 0 Å². The molecule has 15 heavy (non-hydrogen) atoms. The third-order valence-corrected chi connectivity index (χ3v) is 1.94. The fraction of sp³-hybridized carbons (Fsp3) is 0.800. The van der Waals surface area contributed by atoms with Crippen LogP contribution in [0.15, 0.2) is 0 Å². The van der Waals surface area contributed by atoms with Gasteiger partial charge in [0.2, 0.25) is 5.91 Å². The quantitative estimate of drug-likeness (QED) is 0.619. The van der Waals surface area contributed by atoms with Crippen molar-refractivity contribution in [3.63, 3.8) is 0 Å². The number of hydrogen-bond donors (Lipinski definition) is 3. The van der Waals surface area contributed by atoms with Crippen LogP contribution >= 0.6 is 0 Å². The number of amides is 1. The summed E-state index contributed by atoms with van der Waals surface area (Å²) < 4.78 is 0. The van der Waals surface area contributed by atoms with E-state index in [1.54, 1.807) is 13.8 Å². The summed E-state index contributed by atoms with van der Waals surface area (Å²) in [5, 5.41) is 14.1. The molecule has 0 radical (unpaired) electrons. The maximum Gasteiger partial charge on any atom is 0.325 e. The van der Waals surface area contributed by atoms with E-state index in [1.165, 1.54) is 6.92 Å². The topological polar surface area (TPSA) is 78.4 Å². The third kappa shape index (κ3) is 4.78. The van der Waals surface area contributed by atoms with E-state index in [1.807, 2.05) is 13.8 Å². The molecule has 0 aromatic rings. The number of carboxylic acid groups (broad SMARTS) is 1. The summed E-state index contributed by atoms with van der Waals surface area (Å²) in [6.07, 6.45) is 0. The standard InChI is InChI=1S/C10H20N2O3/c1-6(2)12-10(4,5)9(15)11-7(3)8(13)14/h6-7,12H,1-5H3,(H,11,15)(H,13,14)/t7-/m0/s1. The lowest BCUT2D eigenvalue weighted by Crippen LogP contribution is -2.57. The molecule has 0 fully saturated rings.